The van der Waals surface area contributed by atoms with Crippen LogP contribution in [-0.2, 0) is 9.59 Å². The molecule has 6 nitrogen and oxygen atoms in total. The number of carboxylic acid groups (broad SMARTS) is 1. The van der Waals surface area contributed by atoms with E-state index in [0.717, 1.165) is 19.3 Å². The highest BCUT2D eigenvalue weighted by Crippen LogP contribution is 2.29. The number of rotatable bonds is 4. The monoisotopic (exact) mass is 376 g/mol. The van der Waals surface area contributed by atoms with Crippen LogP contribution in [0.1, 0.15) is 55.3 Å². The Hall–Kier alpha value is -2.44. The summed E-state index contributed by atoms with van der Waals surface area (Å²) in [5.41, 5.74) is -0.801. The summed E-state index contributed by atoms with van der Waals surface area (Å²) in [6.07, 6.45) is 4.73. The van der Waals surface area contributed by atoms with Gasteiger partial charge in [-0.25, -0.2) is 9.18 Å². The first-order valence-corrected chi connectivity index (χ1v) is 9.51. The number of likely N-dealkylation sites (tertiary alicyclic amines) is 1. The molecule has 2 fully saturated rings. The molecule has 0 aromatic heterocycles. The Bertz CT molecular complexity index is 713. The number of hydrogen-bond acceptors (Lipinski definition) is 3. The average Bonchev–Trinajstić information content (AvgIpc) is 2.68. The molecule has 1 unspecified atom stereocenters. The van der Waals surface area contributed by atoms with Gasteiger partial charge in [-0.15, -0.1) is 0 Å². The summed E-state index contributed by atoms with van der Waals surface area (Å²) < 4.78 is 13.1. The summed E-state index contributed by atoms with van der Waals surface area (Å²) in [7, 11) is 0. The maximum absolute atomic E-state index is 13.1. The minimum Gasteiger partial charge on any atom is -0.480 e. The van der Waals surface area contributed by atoms with E-state index >= 15 is 0 Å². The lowest BCUT2D eigenvalue weighted by atomic mass is 9.81. The van der Waals surface area contributed by atoms with Gasteiger partial charge in [-0.2, -0.15) is 0 Å². The third kappa shape index (κ3) is 4.28. The second kappa shape index (κ2) is 8.06. The van der Waals surface area contributed by atoms with Crippen molar-refractivity contribution in [3.8, 4) is 0 Å². The molecule has 1 saturated carbocycles. The molecule has 2 aliphatic rings. The highest BCUT2D eigenvalue weighted by Gasteiger charge is 2.42. The minimum absolute atomic E-state index is 0.238. The van der Waals surface area contributed by atoms with Gasteiger partial charge in [-0.1, -0.05) is 19.3 Å². The van der Waals surface area contributed by atoms with Crippen LogP contribution in [-0.4, -0.2) is 46.4 Å². The van der Waals surface area contributed by atoms with E-state index in [1.165, 1.54) is 24.3 Å². The summed E-state index contributed by atoms with van der Waals surface area (Å²) in [4.78, 5) is 38.7. The van der Waals surface area contributed by atoms with Crippen molar-refractivity contribution in [3.05, 3.63) is 35.6 Å². The Morgan fingerprint density at radius 3 is 2.37 bits per heavy atom. The molecule has 1 heterocycles. The van der Waals surface area contributed by atoms with Crippen LogP contribution in [0.3, 0.4) is 0 Å². The largest absolute Gasteiger partial charge is 0.480 e. The lowest BCUT2D eigenvalue weighted by Crippen LogP contribution is -2.58. The van der Waals surface area contributed by atoms with Crippen LogP contribution in [0.2, 0.25) is 0 Å². The number of piperidine rings is 1. The average molecular weight is 376 g/mol. The van der Waals surface area contributed by atoms with E-state index in [4.69, 9.17) is 0 Å². The molecule has 1 atom stereocenters. The Morgan fingerprint density at radius 1 is 1.07 bits per heavy atom. The summed E-state index contributed by atoms with van der Waals surface area (Å²) in [5, 5.41) is 12.4. The minimum atomic E-state index is -1.18. The van der Waals surface area contributed by atoms with Gasteiger partial charge in [-0.05, 0) is 49.9 Å². The summed E-state index contributed by atoms with van der Waals surface area (Å²) in [6.45, 7) is 0.780. The first kappa shape index (κ1) is 19.3. The van der Waals surface area contributed by atoms with Crippen LogP contribution in [0.25, 0.3) is 0 Å². The molecule has 2 amide bonds. The van der Waals surface area contributed by atoms with Crippen LogP contribution >= 0.6 is 0 Å². The predicted octanol–water partition coefficient (Wildman–Crippen LogP) is 2.58. The van der Waals surface area contributed by atoms with Crippen molar-refractivity contribution in [2.24, 2.45) is 5.92 Å². The molecule has 0 radical (unpaired) electrons. The third-order valence-corrected chi connectivity index (χ3v) is 5.65. The Balaban J connectivity index is 1.66. The van der Waals surface area contributed by atoms with Crippen molar-refractivity contribution in [2.75, 3.05) is 13.1 Å². The number of carbonyl (C=O) groups is 3. The van der Waals surface area contributed by atoms with Gasteiger partial charge in [0.1, 0.15) is 11.4 Å². The fourth-order valence-electron chi connectivity index (χ4n) is 4.04. The normalized spacial score (nSPS) is 22.1. The second-order valence-electron chi connectivity index (χ2n) is 7.53. The Kier molecular flexibility index (Phi) is 5.77. The van der Waals surface area contributed by atoms with Crippen LogP contribution in [0.4, 0.5) is 4.39 Å². The van der Waals surface area contributed by atoms with E-state index in [1.807, 2.05) is 0 Å². The van der Waals surface area contributed by atoms with Gasteiger partial charge in [0.25, 0.3) is 5.91 Å². The summed E-state index contributed by atoms with van der Waals surface area (Å²) in [6, 6.07) is 5.34. The first-order valence-electron chi connectivity index (χ1n) is 9.51. The van der Waals surface area contributed by atoms with E-state index < -0.39 is 23.2 Å². The number of benzene rings is 1. The Labute approximate surface area is 157 Å². The molecule has 1 aliphatic carbocycles. The molecule has 1 aromatic rings. The molecular weight excluding hydrogens is 351 g/mol. The number of nitrogens with zero attached hydrogens (tertiary/aromatic N) is 1. The lowest BCUT2D eigenvalue weighted by Gasteiger charge is -2.37. The maximum Gasteiger partial charge on any atom is 0.329 e. The van der Waals surface area contributed by atoms with Gasteiger partial charge in [0, 0.05) is 18.7 Å². The Morgan fingerprint density at radius 2 is 1.74 bits per heavy atom. The van der Waals surface area contributed by atoms with Crippen molar-refractivity contribution in [1.29, 1.82) is 0 Å². The van der Waals surface area contributed by atoms with Crippen LogP contribution in [0.5, 0.6) is 0 Å². The summed E-state index contributed by atoms with van der Waals surface area (Å²) in [5.74, 6) is -2.35. The van der Waals surface area contributed by atoms with Gasteiger partial charge in [0.05, 0.1) is 5.92 Å². The molecular formula is C20H25FN2O4. The van der Waals surface area contributed by atoms with E-state index in [-0.39, 0.29) is 18.4 Å². The quantitative estimate of drug-likeness (QED) is 0.846. The molecule has 0 bridgehead atoms. The van der Waals surface area contributed by atoms with Gasteiger partial charge in [0.2, 0.25) is 5.91 Å². The van der Waals surface area contributed by atoms with Crippen molar-refractivity contribution < 1.29 is 23.9 Å². The highest BCUT2D eigenvalue weighted by atomic mass is 19.1. The van der Waals surface area contributed by atoms with E-state index in [9.17, 15) is 23.9 Å². The molecule has 1 saturated heterocycles. The topological polar surface area (TPSA) is 86.7 Å². The van der Waals surface area contributed by atoms with E-state index in [1.54, 1.807) is 4.90 Å². The SMILES string of the molecule is O=C(NC1(C(=O)O)CCCCC1)C1CCCN(C(=O)c2ccc(F)cc2)C1. The standard InChI is InChI=1S/C20H25FN2O4/c21-16-8-6-14(7-9-16)18(25)23-12-4-5-15(13-23)17(24)22-20(19(26)27)10-2-1-3-11-20/h6-9,15H,1-5,10-13H2,(H,22,24)(H,26,27). The fraction of sp³-hybridized carbons (Fsp3) is 0.550. The number of amides is 2. The smallest absolute Gasteiger partial charge is 0.329 e. The molecule has 3 rings (SSSR count). The molecule has 7 heteroatoms. The molecule has 0 spiro atoms. The predicted molar refractivity (Wildman–Crippen MR) is 96.6 cm³/mol. The van der Waals surface area contributed by atoms with Crippen molar-refractivity contribution in [2.45, 2.75) is 50.5 Å². The second-order valence-corrected chi connectivity index (χ2v) is 7.53. The zero-order chi connectivity index (χ0) is 19.4. The lowest BCUT2D eigenvalue weighted by molar-refractivity contribution is -0.150. The van der Waals surface area contributed by atoms with Crippen molar-refractivity contribution in [1.82, 2.24) is 10.2 Å². The number of carboxylic acids is 1. The number of halogens is 1. The third-order valence-electron chi connectivity index (χ3n) is 5.65. The molecule has 2 N–H and O–H groups in total. The van der Waals surface area contributed by atoms with Crippen molar-refractivity contribution in [3.63, 3.8) is 0 Å². The van der Waals surface area contributed by atoms with E-state index in [2.05, 4.69) is 5.32 Å². The molecule has 27 heavy (non-hydrogen) atoms. The van der Waals surface area contributed by atoms with Gasteiger partial charge in [-0.3, -0.25) is 9.59 Å². The zero-order valence-electron chi connectivity index (χ0n) is 15.2. The number of aliphatic carboxylic acids is 1. The maximum atomic E-state index is 13.1. The van der Waals surface area contributed by atoms with Crippen LogP contribution in [0, 0.1) is 11.7 Å². The molecule has 146 valence electrons. The van der Waals surface area contributed by atoms with Gasteiger partial charge < -0.3 is 15.3 Å². The summed E-state index contributed by atoms with van der Waals surface area (Å²) >= 11 is 0. The molecule has 1 aliphatic heterocycles. The zero-order valence-corrected chi connectivity index (χ0v) is 15.2. The van der Waals surface area contributed by atoms with E-state index in [0.29, 0.717) is 37.8 Å². The molecule has 1 aromatic carbocycles. The van der Waals surface area contributed by atoms with Crippen LogP contribution in [0.15, 0.2) is 24.3 Å². The fourth-order valence-corrected chi connectivity index (χ4v) is 4.04. The van der Waals surface area contributed by atoms with Crippen molar-refractivity contribution >= 4 is 17.8 Å². The first-order chi connectivity index (χ1) is 12.9. The number of nitrogens with one attached hydrogen (secondary N) is 1. The number of carbonyl (C=O) groups excluding carboxylic acids is 2. The highest BCUT2D eigenvalue weighted by molar-refractivity contribution is 5.95. The number of hydrogen-bond donors (Lipinski definition) is 2. The van der Waals surface area contributed by atoms with Gasteiger partial charge in [0.15, 0.2) is 0 Å². The van der Waals surface area contributed by atoms with Crippen LogP contribution < -0.4 is 5.32 Å². The van der Waals surface area contributed by atoms with Gasteiger partial charge >= 0.3 is 5.97 Å².